The van der Waals surface area contributed by atoms with Crippen molar-refractivity contribution in [1.29, 1.82) is 0 Å². The molecule has 0 fully saturated rings. The Hall–Kier alpha value is -2.03. The Morgan fingerprint density at radius 2 is 2.15 bits per heavy atom. The first-order valence-corrected chi connectivity index (χ1v) is 6.73. The van der Waals surface area contributed by atoms with E-state index in [-0.39, 0.29) is 23.5 Å². The minimum atomic E-state index is -0.803. The molecule has 2 unspecified atom stereocenters. The molecule has 0 saturated carbocycles. The summed E-state index contributed by atoms with van der Waals surface area (Å²) in [6, 6.07) is 5.27. The van der Waals surface area contributed by atoms with Crippen LogP contribution in [0.5, 0.6) is 5.75 Å². The Labute approximate surface area is 119 Å². The molecule has 20 heavy (non-hydrogen) atoms. The van der Waals surface area contributed by atoms with Gasteiger partial charge in [0.1, 0.15) is 5.75 Å². The average molecular weight is 272 g/mol. The van der Waals surface area contributed by atoms with Gasteiger partial charge in [0.25, 0.3) is 0 Å². The highest BCUT2D eigenvalue weighted by molar-refractivity contribution is 5.68. The second-order valence-corrected chi connectivity index (χ2v) is 5.77. The lowest BCUT2D eigenvalue weighted by Crippen LogP contribution is -2.35. The second kappa shape index (κ2) is 5.16. The van der Waals surface area contributed by atoms with E-state index in [9.17, 15) is 9.90 Å². The lowest BCUT2D eigenvalue weighted by molar-refractivity contribution is -0.137. The van der Waals surface area contributed by atoms with E-state index in [4.69, 9.17) is 5.11 Å². The Morgan fingerprint density at radius 3 is 2.75 bits per heavy atom. The maximum Gasteiger partial charge on any atom is 0.303 e. The summed E-state index contributed by atoms with van der Waals surface area (Å²) in [7, 11) is 0. The molecule has 2 rings (SSSR count). The van der Waals surface area contributed by atoms with Crippen molar-refractivity contribution in [2.45, 2.75) is 32.1 Å². The van der Waals surface area contributed by atoms with Crippen LogP contribution in [0.1, 0.15) is 37.8 Å². The monoisotopic (exact) mass is 272 g/mol. The Bertz CT molecular complexity index is 586. The molecule has 2 atom stereocenters. The van der Waals surface area contributed by atoms with Gasteiger partial charge in [0.2, 0.25) is 0 Å². The topological polar surface area (TPSA) is 57.5 Å². The van der Waals surface area contributed by atoms with E-state index in [1.165, 1.54) is 0 Å². The van der Waals surface area contributed by atoms with Gasteiger partial charge in [-0.25, -0.2) is 0 Å². The quantitative estimate of drug-likeness (QED) is 0.821. The normalized spacial score (nSPS) is 24.2. The predicted octanol–water partition coefficient (Wildman–Crippen LogP) is 3.73. The van der Waals surface area contributed by atoms with Gasteiger partial charge in [0, 0.05) is 17.8 Å². The molecule has 0 heterocycles. The van der Waals surface area contributed by atoms with Crippen molar-refractivity contribution < 1.29 is 15.0 Å². The van der Waals surface area contributed by atoms with E-state index in [1.54, 1.807) is 12.1 Å². The van der Waals surface area contributed by atoms with E-state index < -0.39 is 5.97 Å². The summed E-state index contributed by atoms with van der Waals surface area (Å²) in [5, 5.41) is 18.8. The molecule has 2 N–H and O–H groups in total. The number of carbonyl (C=O) groups is 1. The highest BCUT2D eigenvalue weighted by Gasteiger charge is 2.38. The molecule has 3 nitrogen and oxygen atoms in total. The van der Waals surface area contributed by atoms with Crippen molar-refractivity contribution in [3.63, 3.8) is 0 Å². The van der Waals surface area contributed by atoms with Gasteiger partial charge in [0.15, 0.2) is 0 Å². The van der Waals surface area contributed by atoms with Crippen molar-refractivity contribution in [3.05, 3.63) is 47.6 Å². The molecule has 0 aliphatic heterocycles. The van der Waals surface area contributed by atoms with Crippen LogP contribution >= 0.6 is 0 Å². The van der Waals surface area contributed by atoms with Crippen molar-refractivity contribution >= 4 is 12.0 Å². The molecule has 0 amide bonds. The Morgan fingerprint density at radius 1 is 1.45 bits per heavy atom. The molecular weight excluding hydrogens is 252 g/mol. The van der Waals surface area contributed by atoms with Crippen molar-refractivity contribution in [3.8, 4) is 5.75 Å². The number of hydrogen-bond acceptors (Lipinski definition) is 2. The second-order valence-electron chi connectivity index (χ2n) is 5.77. The number of allylic oxidation sites excluding steroid dienone is 2. The van der Waals surface area contributed by atoms with Crippen LogP contribution in [0.2, 0.25) is 0 Å². The number of rotatable bonds is 4. The summed E-state index contributed by atoms with van der Waals surface area (Å²) in [6.45, 7) is 8.05. The van der Waals surface area contributed by atoms with Gasteiger partial charge in [0.05, 0.1) is 0 Å². The fraction of sp³-hybridized carbons (Fsp3) is 0.353. The molecule has 0 radical (unpaired) electrons. The van der Waals surface area contributed by atoms with Crippen LogP contribution in [-0.4, -0.2) is 16.2 Å². The highest BCUT2D eigenvalue weighted by Crippen LogP contribution is 2.46. The number of phenols is 1. The van der Waals surface area contributed by atoms with Gasteiger partial charge in [-0.15, -0.1) is 0 Å². The number of carboxylic acid groups (broad SMARTS) is 1. The van der Waals surface area contributed by atoms with Crippen LogP contribution in [0.3, 0.4) is 0 Å². The minimum absolute atomic E-state index is 0.0798. The number of fused-ring (bicyclic) bond motifs is 1. The molecule has 3 heteroatoms. The zero-order valence-electron chi connectivity index (χ0n) is 11.9. The summed E-state index contributed by atoms with van der Waals surface area (Å²) < 4.78 is 0. The standard InChI is InChI=1S/C17H20O3/c1-11(2)14-7-5-12-4-6-13(18)10-15(12)17(14,3)9-8-16(19)20/h4-7,10,14,18H,1,8-9H2,2-3H3,(H,19,20). The first kappa shape index (κ1) is 14.4. The minimum Gasteiger partial charge on any atom is -0.508 e. The maximum atomic E-state index is 10.9. The highest BCUT2D eigenvalue weighted by atomic mass is 16.4. The van der Waals surface area contributed by atoms with Crippen molar-refractivity contribution in [2.75, 3.05) is 0 Å². The van der Waals surface area contributed by atoms with Gasteiger partial charge in [-0.05, 0) is 36.6 Å². The number of carboxylic acids is 1. The molecule has 0 saturated heterocycles. The molecule has 1 aliphatic rings. The van der Waals surface area contributed by atoms with E-state index in [0.717, 1.165) is 16.7 Å². The largest absolute Gasteiger partial charge is 0.508 e. The summed E-state index contributed by atoms with van der Waals surface area (Å²) >= 11 is 0. The summed E-state index contributed by atoms with van der Waals surface area (Å²) in [4.78, 5) is 10.9. The lowest BCUT2D eigenvalue weighted by Gasteiger charge is -2.40. The van der Waals surface area contributed by atoms with Crippen LogP contribution < -0.4 is 0 Å². The molecular formula is C17H20O3. The van der Waals surface area contributed by atoms with E-state index in [2.05, 4.69) is 19.6 Å². The van der Waals surface area contributed by atoms with Crippen LogP contribution in [-0.2, 0) is 10.2 Å². The lowest BCUT2D eigenvalue weighted by atomic mass is 9.63. The SMILES string of the molecule is C=C(C)C1C=Cc2ccc(O)cc2C1(C)CCC(=O)O. The smallest absolute Gasteiger partial charge is 0.303 e. The number of hydrogen-bond donors (Lipinski definition) is 2. The summed E-state index contributed by atoms with van der Waals surface area (Å²) in [5.74, 6) is -0.514. The fourth-order valence-electron chi connectivity index (χ4n) is 3.13. The zero-order valence-corrected chi connectivity index (χ0v) is 11.9. The Balaban J connectivity index is 2.52. The third-order valence-electron chi connectivity index (χ3n) is 4.20. The molecule has 0 aromatic heterocycles. The fourth-order valence-corrected chi connectivity index (χ4v) is 3.13. The molecule has 1 aromatic rings. The zero-order chi connectivity index (χ0) is 14.9. The van der Waals surface area contributed by atoms with Crippen LogP contribution in [0.4, 0.5) is 0 Å². The van der Waals surface area contributed by atoms with Crippen molar-refractivity contribution in [2.24, 2.45) is 5.92 Å². The first-order valence-electron chi connectivity index (χ1n) is 6.73. The Kier molecular flexibility index (Phi) is 3.71. The van der Waals surface area contributed by atoms with Gasteiger partial charge in [-0.1, -0.05) is 37.3 Å². The van der Waals surface area contributed by atoms with Gasteiger partial charge < -0.3 is 10.2 Å². The summed E-state index contributed by atoms with van der Waals surface area (Å²) in [5.41, 5.74) is 2.68. The van der Waals surface area contributed by atoms with E-state index >= 15 is 0 Å². The third-order valence-corrected chi connectivity index (χ3v) is 4.20. The van der Waals surface area contributed by atoms with Crippen LogP contribution in [0.15, 0.2) is 36.4 Å². The molecule has 106 valence electrons. The number of aliphatic carboxylic acids is 1. The van der Waals surface area contributed by atoms with Crippen molar-refractivity contribution in [1.82, 2.24) is 0 Å². The number of benzene rings is 1. The number of aromatic hydroxyl groups is 1. The van der Waals surface area contributed by atoms with Gasteiger partial charge >= 0.3 is 5.97 Å². The third kappa shape index (κ3) is 2.48. The van der Waals surface area contributed by atoms with Crippen LogP contribution in [0, 0.1) is 5.92 Å². The summed E-state index contributed by atoms with van der Waals surface area (Å²) in [6.07, 6.45) is 4.73. The molecule has 1 aromatic carbocycles. The van der Waals surface area contributed by atoms with Crippen LogP contribution in [0.25, 0.3) is 6.08 Å². The average Bonchev–Trinajstić information content (AvgIpc) is 2.37. The maximum absolute atomic E-state index is 10.9. The van der Waals surface area contributed by atoms with E-state index in [0.29, 0.717) is 6.42 Å². The number of phenolic OH excluding ortho intramolecular Hbond substituents is 1. The van der Waals surface area contributed by atoms with Gasteiger partial charge in [-0.2, -0.15) is 0 Å². The first-order chi connectivity index (χ1) is 9.34. The molecule has 0 bridgehead atoms. The molecule has 0 spiro atoms. The van der Waals surface area contributed by atoms with Gasteiger partial charge in [-0.3, -0.25) is 4.79 Å². The predicted molar refractivity (Wildman–Crippen MR) is 79.7 cm³/mol. The van der Waals surface area contributed by atoms with E-state index in [1.807, 2.05) is 19.1 Å². The molecule has 1 aliphatic carbocycles.